The van der Waals surface area contributed by atoms with Crippen LogP contribution in [0.3, 0.4) is 0 Å². The number of benzene rings is 1. The molecule has 1 rings (SSSR count). The maximum Gasteiger partial charge on any atom is 2.00 e. The molecule has 0 N–H and O–H groups in total. The van der Waals surface area contributed by atoms with Crippen LogP contribution in [0, 0.1) is 0 Å². The fourth-order valence-corrected chi connectivity index (χ4v) is 7.36. The zero-order valence-corrected chi connectivity index (χ0v) is 29.1. The number of aryl methyl sites for hydroxylation is 2. The normalized spacial score (nSPS) is 11.6. The fourth-order valence-electron chi connectivity index (χ4n) is 4.83. The Morgan fingerprint density at radius 1 is 0.556 bits per heavy atom. The largest absolute Gasteiger partial charge is 2.00 e. The number of rotatable bonds is 24. The Morgan fingerprint density at radius 2 is 0.861 bits per heavy atom. The number of hydrogen-bond acceptors (Lipinski definition) is 4. The van der Waals surface area contributed by atoms with Crippen molar-refractivity contribution in [2.45, 2.75) is 160 Å². The standard InChI is InChI=1S/C30H55O2PS2.Zn/c1-3-5-7-9-11-13-15-17-19-21-23-28-25-29(27-30(26-28)35-33(31,32)34)24-22-20-18-16-14-12-10-8-6-4-2;/h25-27H,3-24H2,1-2H3,(H2,31,32,34);/q;+2/p-2. The second kappa shape index (κ2) is 24.8. The van der Waals surface area contributed by atoms with Crippen LogP contribution >= 0.6 is 17.1 Å². The van der Waals surface area contributed by atoms with Gasteiger partial charge >= 0.3 is 19.5 Å². The van der Waals surface area contributed by atoms with Crippen LogP contribution in [0.25, 0.3) is 0 Å². The van der Waals surface area contributed by atoms with Gasteiger partial charge in [-0.1, -0.05) is 135 Å². The summed E-state index contributed by atoms with van der Waals surface area (Å²) in [5.41, 5.74) is -1.23. The topological polar surface area (TPSA) is 46.1 Å². The van der Waals surface area contributed by atoms with E-state index in [2.05, 4.69) is 43.9 Å². The minimum Gasteiger partial charge on any atom is -0.824 e. The first-order valence-electron chi connectivity index (χ1n) is 14.8. The van der Waals surface area contributed by atoms with Gasteiger partial charge in [-0.2, -0.15) is 5.69 Å². The van der Waals surface area contributed by atoms with Crippen molar-refractivity contribution in [2.75, 3.05) is 0 Å². The van der Waals surface area contributed by atoms with Gasteiger partial charge in [0.25, 0.3) is 0 Å². The van der Waals surface area contributed by atoms with Gasteiger partial charge in [0.15, 0.2) is 0 Å². The van der Waals surface area contributed by atoms with E-state index >= 15 is 0 Å². The third kappa shape index (κ3) is 22.7. The monoisotopic (exact) mass is 604 g/mol. The van der Waals surface area contributed by atoms with Gasteiger partial charge in [-0.25, -0.2) is 0 Å². The van der Waals surface area contributed by atoms with E-state index in [-0.39, 0.29) is 19.5 Å². The predicted molar refractivity (Wildman–Crippen MR) is 158 cm³/mol. The Kier molecular flexibility index (Phi) is 25.3. The van der Waals surface area contributed by atoms with Crippen LogP contribution in [0.15, 0.2) is 23.1 Å². The molecule has 0 saturated carbocycles. The average molecular weight is 606 g/mol. The van der Waals surface area contributed by atoms with Gasteiger partial charge in [-0.05, 0) is 48.9 Å². The molecule has 0 spiro atoms. The molecule has 2 nitrogen and oxygen atoms in total. The molecule has 0 amide bonds. The Hall–Kier alpha value is 0.763. The van der Waals surface area contributed by atoms with Gasteiger partial charge in [0.1, 0.15) is 0 Å². The van der Waals surface area contributed by atoms with Gasteiger partial charge in [-0.15, -0.1) is 23.2 Å². The quantitative estimate of drug-likeness (QED) is 0.0668. The summed E-state index contributed by atoms with van der Waals surface area (Å²) in [6, 6.07) is 6.42. The molecule has 0 unspecified atom stereocenters. The maximum atomic E-state index is 11.7. The molecule has 0 aromatic heterocycles. The number of hydrogen-bond donors (Lipinski definition) is 0. The van der Waals surface area contributed by atoms with E-state index < -0.39 is 5.69 Å². The first-order valence-corrected chi connectivity index (χ1v) is 18.8. The summed E-state index contributed by atoms with van der Waals surface area (Å²) in [4.78, 5) is 24.2. The molecular formula is C30H53O2PS2Zn. The van der Waals surface area contributed by atoms with E-state index in [1.807, 2.05) is 0 Å². The molecule has 0 fully saturated rings. The summed E-state index contributed by atoms with van der Waals surface area (Å²) >= 11 is 5.54. The predicted octanol–water partition coefficient (Wildman–Crippen LogP) is 9.65. The average Bonchev–Trinajstić information content (AvgIpc) is 2.80. The Balaban J connectivity index is 0.0000122. The van der Waals surface area contributed by atoms with Gasteiger partial charge in [-0.3, -0.25) is 0 Å². The SMILES string of the molecule is CCCCCCCCCCCCc1cc(CCCCCCCCCCCC)cc(SP([O-])([O-])=S)c1.[Zn+2]. The van der Waals surface area contributed by atoms with Crippen molar-refractivity contribution >= 4 is 28.9 Å². The van der Waals surface area contributed by atoms with Crippen molar-refractivity contribution in [1.29, 1.82) is 0 Å². The van der Waals surface area contributed by atoms with Crippen molar-refractivity contribution in [3.8, 4) is 0 Å². The molecule has 204 valence electrons. The van der Waals surface area contributed by atoms with Gasteiger partial charge < -0.3 is 9.79 Å². The summed E-state index contributed by atoms with van der Waals surface area (Å²) < 4.78 is 0. The minimum atomic E-state index is -3.79. The molecule has 36 heavy (non-hydrogen) atoms. The zero-order chi connectivity index (χ0) is 25.6. The van der Waals surface area contributed by atoms with E-state index in [0.717, 1.165) is 29.1 Å². The molecule has 1 aromatic rings. The molecule has 0 bridgehead atoms. The molecule has 0 atom stereocenters. The van der Waals surface area contributed by atoms with E-state index in [1.165, 1.54) is 140 Å². The summed E-state index contributed by atoms with van der Waals surface area (Å²) in [5.74, 6) is 0. The van der Waals surface area contributed by atoms with Gasteiger partial charge in [0.05, 0.1) is 0 Å². The van der Waals surface area contributed by atoms with Crippen molar-refractivity contribution < 1.29 is 29.3 Å². The molecule has 0 saturated heterocycles. The van der Waals surface area contributed by atoms with Crippen LogP contribution in [0.2, 0.25) is 0 Å². The second-order valence-electron chi connectivity index (χ2n) is 10.4. The third-order valence-corrected chi connectivity index (χ3v) is 9.53. The smallest absolute Gasteiger partial charge is 0.824 e. The van der Waals surface area contributed by atoms with Crippen LogP contribution in [0.4, 0.5) is 0 Å². The summed E-state index contributed by atoms with van der Waals surface area (Å²) in [7, 11) is 0. The maximum absolute atomic E-state index is 11.7. The molecule has 0 aliphatic heterocycles. The minimum absolute atomic E-state index is 0. The van der Waals surface area contributed by atoms with Crippen molar-refractivity contribution in [2.24, 2.45) is 0 Å². The molecule has 1 aromatic carbocycles. The second-order valence-corrected chi connectivity index (χ2v) is 16.1. The van der Waals surface area contributed by atoms with Crippen molar-refractivity contribution in [1.82, 2.24) is 0 Å². The van der Waals surface area contributed by atoms with Crippen LogP contribution in [0.1, 0.15) is 153 Å². The molecule has 6 heteroatoms. The van der Waals surface area contributed by atoms with E-state index in [9.17, 15) is 9.79 Å². The molecular weight excluding hydrogens is 553 g/mol. The molecule has 0 aliphatic carbocycles. The number of unbranched alkanes of at least 4 members (excludes halogenated alkanes) is 18. The van der Waals surface area contributed by atoms with E-state index in [4.69, 9.17) is 0 Å². The fraction of sp³-hybridized carbons (Fsp3) is 0.800. The first-order chi connectivity index (χ1) is 16.9. The van der Waals surface area contributed by atoms with Gasteiger partial charge in [0.2, 0.25) is 0 Å². The first kappa shape index (κ1) is 36.8. The van der Waals surface area contributed by atoms with E-state index in [0.29, 0.717) is 0 Å². The zero-order valence-electron chi connectivity index (χ0n) is 23.6. The molecule has 0 aliphatic rings. The van der Waals surface area contributed by atoms with Crippen molar-refractivity contribution in [3.05, 3.63) is 29.3 Å². The van der Waals surface area contributed by atoms with E-state index in [1.54, 1.807) is 0 Å². The summed E-state index contributed by atoms with van der Waals surface area (Å²) in [6.07, 6.45) is 28.8. The van der Waals surface area contributed by atoms with Crippen LogP contribution in [0.5, 0.6) is 0 Å². The Morgan fingerprint density at radius 3 is 1.17 bits per heavy atom. The van der Waals surface area contributed by atoms with Gasteiger partial charge in [0, 0.05) is 4.90 Å². The van der Waals surface area contributed by atoms with Crippen LogP contribution < -0.4 is 9.79 Å². The van der Waals surface area contributed by atoms with Crippen LogP contribution in [-0.2, 0) is 44.1 Å². The Labute approximate surface area is 246 Å². The summed E-state index contributed by atoms with van der Waals surface area (Å²) in [6.45, 7) is 4.54. The molecule has 0 heterocycles. The van der Waals surface area contributed by atoms with Crippen molar-refractivity contribution in [3.63, 3.8) is 0 Å². The Bertz CT molecular complexity index is 639. The third-order valence-electron chi connectivity index (χ3n) is 6.88. The molecule has 0 radical (unpaired) electrons. The van der Waals surface area contributed by atoms with Crippen LogP contribution in [-0.4, -0.2) is 0 Å². The summed E-state index contributed by atoms with van der Waals surface area (Å²) in [5, 5.41) is 0.